The number of anilines is 4. The van der Waals surface area contributed by atoms with E-state index in [4.69, 9.17) is 14.7 Å². The minimum absolute atomic E-state index is 0.0373. The second-order valence-corrected chi connectivity index (χ2v) is 11.8. The SMILES string of the molecule is CN(C)CCOc1cccc2c(Nc3ccc(F)cc3)nc(Nc3ccc(CCS(=O)(=O)N(C)C)cc3)nc12. The number of nitrogens with zero attached hydrogens (tertiary/aromatic N) is 4. The molecule has 9 nitrogen and oxygen atoms in total. The number of hydrogen-bond acceptors (Lipinski definition) is 8. The molecule has 0 aliphatic heterocycles. The van der Waals surface area contributed by atoms with Crippen LogP contribution in [0.4, 0.5) is 27.5 Å². The molecule has 2 N–H and O–H groups in total. The summed E-state index contributed by atoms with van der Waals surface area (Å²) in [4.78, 5) is 11.5. The van der Waals surface area contributed by atoms with Gasteiger partial charge in [-0.15, -0.1) is 0 Å². The van der Waals surface area contributed by atoms with Crippen LogP contribution in [0, 0.1) is 5.82 Å². The van der Waals surface area contributed by atoms with Crippen molar-refractivity contribution < 1.29 is 17.5 Å². The maximum Gasteiger partial charge on any atom is 0.229 e. The van der Waals surface area contributed by atoms with Gasteiger partial charge in [0.05, 0.1) is 5.75 Å². The molecule has 0 amide bonds. The van der Waals surface area contributed by atoms with Crippen molar-refractivity contribution in [3.05, 3.63) is 78.1 Å². The van der Waals surface area contributed by atoms with Crippen LogP contribution in [0.2, 0.25) is 0 Å². The van der Waals surface area contributed by atoms with Crippen molar-refractivity contribution in [1.82, 2.24) is 19.2 Å². The maximum absolute atomic E-state index is 13.5. The van der Waals surface area contributed by atoms with E-state index in [2.05, 4.69) is 10.6 Å². The molecule has 4 aromatic rings. The number of aryl methyl sites for hydroxylation is 1. The second kappa shape index (κ2) is 12.4. The van der Waals surface area contributed by atoms with E-state index in [1.54, 1.807) is 12.1 Å². The van der Waals surface area contributed by atoms with Crippen LogP contribution >= 0.6 is 0 Å². The topological polar surface area (TPSA) is 99.7 Å². The molecule has 0 aliphatic rings. The molecule has 39 heavy (non-hydrogen) atoms. The number of sulfonamides is 1. The first-order valence-electron chi connectivity index (χ1n) is 12.5. The standard InChI is InChI=1S/C28H33FN6O3S/c1-34(2)17-18-38-25-7-5-6-24-26(25)32-28(33-27(24)30-22-14-10-21(29)11-15-22)31-23-12-8-20(9-13-23)16-19-39(36,37)35(3)4/h5-15H,16-19H2,1-4H3,(H2,30,31,32,33). The molecular weight excluding hydrogens is 519 g/mol. The van der Waals surface area contributed by atoms with Gasteiger partial charge in [-0.2, -0.15) is 4.98 Å². The highest BCUT2D eigenvalue weighted by molar-refractivity contribution is 7.89. The van der Waals surface area contributed by atoms with Gasteiger partial charge in [-0.1, -0.05) is 18.2 Å². The van der Waals surface area contributed by atoms with Gasteiger partial charge in [0, 0.05) is 37.4 Å². The van der Waals surface area contributed by atoms with Crippen LogP contribution in [0.25, 0.3) is 10.9 Å². The predicted octanol–water partition coefficient (Wildman–Crippen LogP) is 4.63. The lowest BCUT2D eigenvalue weighted by Crippen LogP contribution is -2.25. The highest BCUT2D eigenvalue weighted by Gasteiger charge is 2.15. The number of ether oxygens (including phenoxy) is 1. The average Bonchev–Trinajstić information content (AvgIpc) is 2.90. The average molecular weight is 553 g/mol. The first-order valence-corrected chi connectivity index (χ1v) is 14.1. The van der Waals surface area contributed by atoms with Gasteiger partial charge in [0.2, 0.25) is 16.0 Å². The number of para-hydroxylation sites is 1. The molecule has 0 fully saturated rings. The zero-order chi connectivity index (χ0) is 28.0. The Labute approximate surface area is 228 Å². The van der Waals surface area contributed by atoms with E-state index in [0.717, 1.165) is 23.2 Å². The molecule has 1 aromatic heterocycles. The fourth-order valence-corrected chi connectivity index (χ4v) is 4.57. The summed E-state index contributed by atoms with van der Waals surface area (Å²) in [6.45, 7) is 1.24. The number of benzene rings is 3. The number of likely N-dealkylation sites (N-methyl/N-ethyl adjacent to an activating group) is 1. The molecule has 0 bridgehead atoms. The van der Waals surface area contributed by atoms with Gasteiger partial charge in [-0.25, -0.2) is 22.1 Å². The second-order valence-electron chi connectivity index (χ2n) is 9.50. The molecule has 0 radical (unpaired) electrons. The number of nitrogens with one attached hydrogen (secondary N) is 2. The van der Waals surface area contributed by atoms with Gasteiger partial charge in [-0.05, 0) is 74.6 Å². The van der Waals surface area contributed by atoms with Gasteiger partial charge in [0.25, 0.3) is 0 Å². The Bertz CT molecular complexity index is 1510. The van der Waals surface area contributed by atoms with E-state index in [-0.39, 0.29) is 11.6 Å². The van der Waals surface area contributed by atoms with Gasteiger partial charge >= 0.3 is 0 Å². The van der Waals surface area contributed by atoms with Crippen molar-refractivity contribution in [2.75, 3.05) is 57.7 Å². The minimum Gasteiger partial charge on any atom is -0.490 e. The zero-order valence-electron chi connectivity index (χ0n) is 22.5. The van der Waals surface area contributed by atoms with E-state index in [9.17, 15) is 12.8 Å². The van der Waals surface area contributed by atoms with Crippen molar-refractivity contribution >= 4 is 44.1 Å². The van der Waals surface area contributed by atoms with Crippen LogP contribution in [0.15, 0.2) is 66.7 Å². The molecule has 0 atom stereocenters. The first kappa shape index (κ1) is 28.2. The van der Waals surface area contributed by atoms with Crippen molar-refractivity contribution in [2.45, 2.75) is 6.42 Å². The molecule has 3 aromatic carbocycles. The summed E-state index contributed by atoms with van der Waals surface area (Å²) in [6.07, 6.45) is 0.409. The van der Waals surface area contributed by atoms with Crippen LogP contribution < -0.4 is 15.4 Å². The predicted molar refractivity (Wildman–Crippen MR) is 154 cm³/mol. The lowest BCUT2D eigenvalue weighted by molar-refractivity contribution is 0.263. The summed E-state index contributed by atoms with van der Waals surface area (Å²) in [5.74, 6) is 1.22. The first-order chi connectivity index (χ1) is 18.6. The smallest absolute Gasteiger partial charge is 0.229 e. The highest BCUT2D eigenvalue weighted by atomic mass is 32.2. The minimum atomic E-state index is -3.27. The number of rotatable bonds is 12. The van der Waals surface area contributed by atoms with Crippen LogP contribution in [-0.2, 0) is 16.4 Å². The summed E-state index contributed by atoms with van der Waals surface area (Å²) in [6, 6.07) is 19.2. The molecule has 0 spiro atoms. The molecule has 206 valence electrons. The Morgan fingerprint density at radius 1 is 0.872 bits per heavy atom. The fourth-order valence-electron chi connectivity index (χ4n) is 3.71. The Kier molecular flexibility index (Phi) is 8.95. The van der Waals surface area contributed by atoms with Crippen LogP contribution in [0.1, 0.15) is 5.56 Å². The zero-order valence-corrected chi connectivity index (χ0v) is 23.3. The Balaban J connectivity index is 1.62. The van der Waals surface area contributed by atoms with Crippen LogP contribution in [0.3, 0.4) is 0 Å². The summed E-state index contributed by atoms with van der Waals surface area (Å²) in [7, 11) is 3.75. The van der Waals surface area contributed by atoms with Crippen LogP contribution in [0.5, 0.6) is 5.75 Å². The Morgan fingerprint density at radius 3 is 2.21 bits per heavy atom. The number of fused-ring (bicyclic) bond motifs is 1. The number of aromatic nitrogens is 2. The van der Waals surface area contributed by atoms with Crippen molar-refractivity contribution in [3.8, 4) is 5.75 Å². The quantitative estimate of drug-likeness (QED) is 0.263. The number of hydrogen-bond donors (Lipinski definition) is 2. The Morgan fingerprint density at radius 2 is 1.54 bits per heavy atom. The molecule has 0 aliphatic carbocycles. The Hall–Kier alpha value is -3.80. The normalized spacial score (nSPS) is 11.8. The molecule has 4 rings (SSSR count). The molecule has 0 saturated carbocycles. The monoisotopic (exact) mass is 552 g/mol. The molecule has 11 heteroatoms. The van der Waals surface area contributed by atoms with Gasteiger partial charge in [0.15, 0.2) is 0 Å². The van der Waals surface area contributed by atoms with Crippen molar-refractivity contribution in [1.29, 1.82) is 0 Å². The van der Waals surface area contributed by atoms with E-state index in [1.807, 2.05) is 61.5 Å². The van der Waals surface area contributed by atoms with Crippen molar-refractivity contribution in [2.24, 2.45) is 0 Å². The maximum atomic E-state index is 13.5. The summed E-state index contributed by atoms with van der Waals surface area (Å²) in [5.41, 5.74) is 2.95. The molecular formula is C28H33FN6O3S. The van der Waals surface area contributed by atoms with Gasteiger partial charge in [-0.3, -0.25) is 0 Å². The lowest BCUT2D eigenvalue weighted by Gasteiger charge is -2.16. The van der Waals surface area contributed by atoms with Crippen LogP contribution in [-0.4, -0.2) is 74.7 Å². The lowest BCUT2D eigenvalue weighted by atomic mass is 10.1. The molecule has 0 saturated heterocycles. The van der Waals surface area contributed by atoms with E-state index in [0.29, 0.717) is 41.7 Å². The van der Waals surface area contributed by atoms with E-state index in [1.165, 1.54) is 30.5 Å². The number of halogens is 1. The summed E-state index contributed by atoms with van der Waals surface area (Å²) < 4.78 is 44.9. The molecule has 0 unspecified atom stereocenters. The third kappa shape index (κ3) is 7.62. The van der Waals surface area contributed by atoms with E-state index >= 15 is 0 Å². The van der Waals surface area contributed by atoms with Gasteiger partial charge in [0.1, 0.15) is 29.5 Å². The van der Waals surface area contributed by atoms with E-state index < -0.39 is 10.0 Å². The van der Waals surface area contributed by atoms with Crippen molar-refractivity contribution in [3.63, 3.8) is 0 Å². The fraction of sp³-hybridized carbons (Fsp3) is 0.286. The largest absolute Gasteiger partial charge is 0.490 e. The third-order valence-corrected chi connectivity index (χ3v) is 7.84. The summed E-state index contributed by atoms with van der Waals surface area (Å²) in [5, 5.41) is 7.26. The molecule has 1 heterocycles. The third-order valence-electron chi connectivity index (χ3n) is 6.01. The van der Waals surface area contributed by atoms with Gasteiger partial charge < -0.3 is 20.3 Å². The summed E-state index contributed by atoms with van der Waals surface area (Å²) >= 11 is 0. The highest BCUT2D eigenvalue weighted by Crippen LogP contribution is 2.32.